The second-order valence-electron chi connectivity index (χ2n) is 5.98. The summed E-state index contributed by atoms with van der Waals surface area (Å²) < 4.78 is 20.9. The van der Waals surface area contributed by atoms with Crippen LogP contribution in [-0.4, -0.2) is 32.3 Å². The first-order valence-corrected chi connectivity index (χ1v) is 8.73. The minimum atomic E-state index is -1.17. The fourth-order valence-electron chi connectivity index (χ4n) is 2.01. The summed E-state index contributed by atoms with van der Waals surface area (Å²) in [5.74, 6) is 0. The molecule has 1 atom stereocenters. The van der Waals surface area contributed by atoms with Gasteiger partial charge in [0.1, 0.15) is 5.01 Å². The summed E-state index contributed by atoms with van der Waals surface area (Å²) in [5, 5.41) is 11.9. The van der Waals surface area contributed by atoms with E-state index in [0.717, 1.165) is 17.8 Å². The molecule has 0 spiro atoms. The van der Waals surface area contributed by atoms with E-state index < -0.39 is 16.5 Å². The van der Waals surface area contributed by atoms with Gasteiger partial charge in [0.15, 0.2) is 0 Å². The van der Waals surface area contributed by atoms with Crippen molar-refractivity contribution in [3.05, 3.63) is 16.1 Å². The summed E-state index contributed by atoms with van der Waals surface area (Å²) in [6.45, 7) is 7.04. The van der Waals surface area contributed by atoms with Crippen LogP contribution in [0.15, 0.2) is 5.38 Å². The van der Waals surface area contributed by atoms with Crippen molar-refractivity contribution in [1.82, 2.24) is 9.71 Å². The molecular formula is C13H22N2O3S2. The van der Waals surface area contributed by atoms with Crippen molar-refractivity contribution in [2.24, 2.45) is 0 Å². The van der Waals surface area contributed by atoms with Crippen LogP contribution in [0.4, 0.5) is 0 Å². The Morgan fingerprint density at radius 1 is 1.50 bits per heavy atom. The van der Waals surface area contributed by atoms with Gasteiger partial charge in [-0.1, -0.05) is 0 Å². The fraction of sp³-hybridized carbons (Fsp3) is 0.769. The Labute approximate surface area is 126 Å². The third-order valence-corrected chi connectivity index (χ3v) is 6.10. The van der Waals surface area contributed by atoms with E-state index in [1.807, 2.05) is 26.2 Å². The molecule has 1 saturated heterocycles. The number of hydrogen-bond acceptors (Lipinski definition) is 5. The van der Waals surface area contributed by atoms with Gasteiger partial charge in [0.2, 0.25) is 0 Å². The van der Waals surface area contributed by atoms with Gasteiger partial charge in [-0.25, -0.2) is 13.9 Å². The molecule has 1 aromatic heterocycles. The highest BCUT2D eigenvalue weighted by Gasteiger charge is 2.40. The molecule has 20 heavy (non-hydrogen) atoms. The zero-order valence-electron chi connectivity index (χ0n) is 12.1. The molecule has 1 aliphatic heterocycles. The number of thiazole rings is 1. The molecule has 1 aliphatic rings. The molecule has 1 fully saturated rings. The maximum Gasteiger partial charge on any atom is 0.114 e. The van der Waals surface area contributed by atoms with Crippen molar-refractivity contribution in [2.45, 2.75) is 50.5 Å². The van der Waals surface area contributed by atoms with Crippen LogP contribution >= 0.6 is 11.3 Å². The van der Waals surface area contributed by atoms with Crippen molar-refractivity contribution in [1.29, 1.82) is 0 Å². The number of rotatable bonds is 4. The first-order valence-electron chi connectivity index (χ1n) is 6.70. The van der Waals surface area contributed by atoms with Crippen LogP contribution < -0.4 is 4.72 Å². The molecule has 7 heteroatoms. The molecule has 0 bridgehead atoms. The van der Waals surface area contributed by atoms with Crippen LogP contribution in [0.3, 0.4) is 0 Å². The number of nitrogens with one attached hydrogen (secondary N) is 1. The average molecular weight is 318 g/mol. The Kier molecular flexibility index (Phi) is 4.96. The normalized spacial score (nSPS) is 20.8. The maximum absolute atomic E-state index is 12.5. The van der Waals surface area contributed by atoms with Gasteiger partial charge in [0.25, 0.3) is 0 Å². The van der Waals surface area contributed by atoms with E-state index in [1.165, 1.54) is 11.3 Å². The molecule has 0 saturated carbocycles. The van der Waals surface area contributed by atoms with Crippen molar-refractivity contribution in [3.63, 3.8) is 0 Å². The van der Waals surface area contributed by atoms with Crippen molar-refractivity contribution in [3.8, 4) is 0 Å². The minimum absolute atomic E-state index is 0.0640. The van der Waals surface area contributed by atoms with Gasteiger partial charge >= 0.3 is 0 Å². The van der Waals surface area contributed by atoms with Gasteiger partial charge in [-0.05, 0) is 33.6 Å². The van der Waals surface area contributed by atoms with Crippen molar-refractivity contribution < 1.29 is 14.1 Å². The summed E-state index contributed by atoms with van der Waals surface area (Å²) in [7, 11) is -1.17. The first-order chi connectivity index (χ1) is 9.37. The monoisotopic (exact) mass is 318 g/mol. The number of hydrogen-bond donors (Lipinski definition) is 2. The molecule has 114 valence electrons. The molecular weight excluding hydrogens is 296 g/mol. The molecule has 1 aromatic rings. The number of aliphatic hydroxyl groups excluding tert-OH is 1. The lowest BCUT2D eigenvalue weighted by Crippen LogP contribution is -2.51. The van der Waals surface area contributed by atoms with Gasteiger partial charge in [-0.3, -0.25) is 0 Å². The molecule has 2 heterocycles. The molecule has 0 aliphatic carbocycles. The van der Waals surface area contributed by atoms with Gasteiger partial charge in [0.05, 0.1) is 33.6 Å². The number of nitrogens with zero attached hydrogens (tertiary/aromatic N) is 1. The number of ether oxygens (including phenoxy) is 1. The summed E-state index contributed by atoms with van der Waals surface area (Å²) in [6.07, 6.45) is 1.49. The lowest BCUT2D eigenvalue weighted by Gasteiger charge is -2.37. The second-order valence-corrected chi connectivity index (χ2v) is 8.80. The van der Waals surface area contributed by atoms with E-state index in [1.54, 1.807) is 0 Å². The van der Waals surface area contributed by atoms with Crippen molar-refractivity contribution >= 4 is 22.3 Å². The Morgan fingerprint density at radius 2 is 2.15 bits per heavy atom. The molecule has 0 unspecified atom stereocenters. The standard InChI is InChI=1S/C13H22N2O3S2/c1-12(2,3)20(17)15-13(4-6-18-7-5-13)11-14-10(8-16)9-19-11/h9,15-16H,4-8H2,1-3H3/t20-/m1/s1. The SMILES string of the molecule is CC(C)(C)[S@@](=O)NC1(c2nc(CO)cs2)CCOCC1. The largest absolute Gasteiger partial charge is 0.390 e. The lowest BCUT2D eigenvalue weighted by molar-refractivity contribution is 0.0460. The van der Waals surface area contributed by atoms with Crippen molar-refractivity contribution in [2.75, 3.05) is 13.2 Å². The van der Waals surface area contributed by atoms with Gasteiger partial charge in [-0.15, -0.1) is 11.3 Å². The topological polar surface area (TPSA) is 71.5 Å². The quantitative estimate of drug-likeness (QED) is 0.886. The van der Waals surface area contributed by atoms with Gasteiger partial charge < -0.3 is 9.84 Å². The van der Waals surface area contributed by atoms with E-state index in [-0.39, 0.29) is 11.4 Å². The zero-order chi connectivity index (χ0) is 14.8. The predicted molar refractivity (Wildman–Crippen MR) is 80.8 cm³/mol. The van der Waals surface area contributed by atoms with Gasteiger partial charge in [-0.2, -0.15) is 0 Å². The highest BCUT2D eigenvalue weighted by atomic mass is 32.2. The van der Waals surface area contributed by atoms with Crippen LogP contribution in [-0.2, 0) is 27.9 Å². The predicted octanol–water partition coefficient (Wildman–Crippen LogP) is 1.69. The Balaban J connectivity index is 2.28. The summed E-state index contributed by atoms with van der Waals surface area (Å²) in [6, 6.07) is 0. The van der Waals surface area contributed by atoms with Crippen LogP contribution in [0.25, 0.3) is 0 Å². The van der Waals surface area contributed by atoms with Crippen LogP contribution in [0.2, 0.25) is 0 Å². The van der Waals surface area contributed by atoms with E-state index in [0.29, 0.717) is 18.9 Å². The fourth-order valence-corrected chi connectivity index (χ4v) is 4.06. The molecule has 2 N–H and O–H groups in total. The second kappa shape index (κ2) is 6.19. The third-order valence-electron chi connectivity index (χ3n) is 3.31. The van der Waals surface area contributed by atoms with Gasteiger partial charge in [0, 0.05) is 18.6 Å². The average Bonchev–Trinajstić information content (AvgIpc) is 2.88. The number of aliphatic hydroxyl groups is 1. The molecule has 0 aromatic carbocycles. The maximum atomic E-state index is 12.5. The smallest absolute Gasteiger partial charge is 0.114 e. The van der Waals surface area contributed by atoms with Crippen LogP contribution in [0.1, 0.15) is 44.3 Å². The Hall–Kier alpha value is -0.340. The first kappa shape index (κ1) is 16.0. The number of aromatic nitrogens is 1. The summed E-state index contributed by atoms with van der Waals surface area (Å²) >= 11 is 1.51. The Bertz CT molecular complexity index is 476. The van der Waals surface area contributed by atoms with E-state index in [2.05, 4.69) is 9.71 Å². The van der Waals surface area contributed by atoms with Crippen LogP contribution in [0.5, 0.6) is 0 Å². The van der Waals surface area contributed by atoms with E-state index in [9.17, 15) is 9.32 Å². The van der Waals surface area contributed by atoms with E-state index in [4.69, 9.17) is 4.74 Å². The summed E-state index contributed by atoms with van der Waals surface area (Å²) in [5.41, 5.74) is 0.258. The summed E-state index contributed by atoms with van der Waals surface area (Å²) in [4.78, 5) is 4.48. The lowest BCUT2D eigenvalue weighted by atomic mass is 9.92. The zero-order valence-corrected chi connectivity index (χ0v) is 13.8. The highest BCUT2D eigenvalue weighted by Crippen LogP contribution is 2.35. The molecule has 2 rings (SSSR count). The molecule has 0 radical (unpaired) electrons. The highest BCUT2D eigenvalue weighted by molar-refractivity contribution is 7.84. The van der Waals surface area contributed by atoms with Crippen LogP contribution in [0, 0.1) is 0 Å². The Morgan fingerprint density at radius 3 is 2.65 bits per heavy atom. The third kappa shape index (κ3) is 3.46. The minimum Gasteiger partial charge on any atom is -0.390 e. The van der Waals surface area contributed by atoms with E-state index >= 15 is 0 Å². The molecule has 0 amide bonds. The molecule has 5 nitrogen and oxygen atoms in total.